The topological polar surface area (TPSA) is 131 Å². The van der Waals surface area contributed by atoms with Gasteiger partial charge in [-0.15, -0.1) is 0 Å². The number of nitrogens with zero attached hydrogens (tertiary/aromatic N) is 2. The number of non-ortho nitro benzene ring substituents is 1. The number of hydrogen-bond acceptors (Lipinski definition) is 7. The molecule has 2 N–H and O–H groups in total. The molecule has 10 nitrogen and oxygen atoms in total. The summed E-state index contributed by atoms with van der Waals surface area (Å²) in [5.74, 6) is -0.998. The van der Waals surface area contributed by atoms with Crippen LogP contribution in [0.3, 0.4) is 0 Å². The molecular formula is C23H26N4O6. The van der Waals surface area contributed by atoms with E-state index >= 15 is 0 Å². The van der Waals surface area contributed by atoms with Crippen LogP contribution < -0.4 is 15.5 Å². The largest absolute Gasteiger partial charge is 0.452 e. The number of nitrogens with one attached hydrogen (secondary N) is 2. The molecule has 1 aliphatic rings. The minimum Gasteiger partial charge on any atom is -0.452 e. The standard InChI is InChI=1S/C23H26N4O6/c1-15-9-11-26(12-10-15)21-8-7-19(27(31)32)13-20(21)23(30)33-14-22(29)25-18-5-3-17(4-6-18)24-16(2)28/h3-8,13,15H,9-12,14H2,1-2H3,(H,24,28)(H,25,29). The summed E-state index contributed by atoms with van der Waals surface area (Å²) in [6, 6.07) is 10.6. The number of carbonyl (C=O) groups is 3. The molecule has 2 aromatic carbocycles. The Morgan fingerprint density at radius 2 is 1.67 bits per heavy atom. The summed E-state index contributed by atoms with van der Waals surface area (Å²) in [6.45, 7) is 4.46. The molecule has 0 spiro atoms. The van der Waals surface area contributed by atoms with E-state index in [1.807, 2.05) is 4.90 Å². The Kier molecular flexibility index (Phi) is 7.60. The minimum atomic E-state index is -0.802. The molecule has 0 atom stereocenters. The van der Waals surface area contributed by atoms with Crippen molar-refractivity contribution in [3.8, 4) is 0 Å². The summed E-state index contributed by atoms with van der Waals surface area (Å²) in [5.41, 5.74) is 1.44. The molecule has 0 aliphatic carbocycles. The number of carbonyl (C=O) groups excluding carboxylic acids is 3. The molecule has 33 heavy (non-hydrogen) atoms. The van der Waals surface area contributed by atoms with E-state index in [0.717, 1.165) is 25.9 Å². The van der Waals surface area contributed by atoms with Crippen molar-refractivity contribution in [3.63, 3.8) is 0 Å². The molecule has 174 valence electrons. The highest BCUT2D eigenvalue weighted by molar-refractivity contribution is 5.99. The fraction of sp³-hybridized carbons (Fsp3) is 0.348. The number of piperidine rings is 1. The second-order valence-electron chi connectivity index (χ2n) is 8.01. The number of rotatable bonds is 7. The van der Waals surface area contributed by atoms with E-state index in [1.54, 1.807) is 30.3 Å². The van der Waals surface area contributed by atoms with Gasteiger partial charge in [-0.25, -0.2) is 4.79 Å². The second kappa shape index (κ2) is 10.6. The highest BCUT2D eigenvalue weighted by Crippen LogP contribution is 2.30. The van der Waals surface area contributed by atoms with Crippen molar-refractivity contribution in [2.24, 2.45) is 5.92 Å². The number of esters is 1. The molecule has 3 rings (SSSR count). The van der Waals surface area contributed by atoms with E-state index in [9.17, 15) is 24.5 Å². The number of amides is 2. The zero-order valence-electron chi connectivity index (χ0n) is 18.5. The first-order valence-electron chi connectivity index (χ1n) is 10.6. The molecule has 0 aromatic heterocycles. The average molecular weight is 454 g/mol. The van der Waals surface area contributed by atoms with Gasteiger partial charge in [0.2, 0.25) is 5.91 Å². The molecule has 2 aromatic rings. The third-order valence-electron chi connectivity index (χ3n) is 5.36. The van der Waals surface area contributed by atoms with Gasteiger partial charge in [-0.05, 0) is 49.1 Å². The lowest BCUT2D eigenvalue weighted by atomic mass is 9.98. The maximum Gasteiger partial charge on any atom is 0.341 e. The predicted molar refractivity (Wildman–Crippen MR) is 123 cm³/mol. The maximum atomic E-state index is 12.8. The van der Waals surface area contributed by atoms with Gasteiger partial charge in [0.1, 0.15) is 0 Å². The predicted octanol–water partition coefficient (Wildman–Crippen LogP) is 3.59. The van der Waals surface area contributed by atoms with E-state index in [0.29, 0.717) is 23.0 Å². The third kappa shape index (κ3) is 6.52. The Bertz CT molecular complexity index is 1050. The van der Waals surface area contributed by atoms with Gasteiger partial charge in [0.15, 0.2) is 6.61 Å². The lowest BCUT2D eigenvalue weighted by molar-refractivity contribution is -0.384. The van der Waals surface area contributed by atoms with E-state index < -0.39 is 23.4 Å². The molecule has 0 radical (unpaired) electrons. The van der Waals surface area contributed by atoms with Crippen molar-refractivity contribution in [1.82, 2.24) is 0 Å². The van der Waals surface area contributed by atoms with Crippen molar-refractivity contribution in [2.75, 3.05) is 35.2 Å². The summed E-state index contributed by atoms with van der Waals surface area (Å²) in [4.78, 5) is 48.7. The number of nitro groups is 1. The molecule has 1 aliphatic heterocycles. The average Bonchev–Trinajstić information content (AvgIpc) is 2.78. The van der Waals surface area contributed by atoms with E-state index in [1.165, 1.54) is 19.1 Å². The molecule has 0 bridgehead atoms. The van der Waals surface area contributed by atoms with Crippen molar-refractivity contribution in [1.29, 1.82) is 0 Å². The molecule has 0 unspecified atom stereocenters. The first-order chi connectivity index (χ1) is 15.7. The fourth-order valence-electron chi connectivity index (χ4n) is 3.57. The van der Waals surface area contributed by atoms with Crippen LogP contribution >= 0.6 is 0 Å². The van der Waals surface area contributed by atoms with Gasteiger partial charge in [-0.1, -0.05) is 6.92 Å². The first-order valence-corrected chi connectivity index (χ1v) is 10.6. The monoisotopic (exact) mass is 454 g/mol. The van der Waals surface area contributed by atoms with Crippen LogP contribution in [0.25, 0.3) is 0 Å². The van der Waals surface area contributed by atoms with Crippen LogP contribution in [-0.2, 0) is 14.3 Å². The van der Waals surface area contributed by atoms with Crippen LogP contribution in [0.1, 0.15) is 37.0 Å². The van der Waals surface area contributed by atoms with Crippen LogP contribution in [0.5, 0.6) is 0 Å². The molecule has 10 heteroatoms. The highest BCUT2D eigenvalue weighted by atomic mass is 16.6. The van der Waals surface area contributed by atoms with Crippen molar-refractivity contribution in [3.05, 3.63) is 58.1 Å². The van der Waals surface area contributed by atoms with Gasteiger partial charge < -0.3 is 20.3 Å². The molecule has 1 fully saturated rings. The summed E-state index contributed by atoms with van der Waals surface area (Å²) in [5, 5.41) is 16.4. The highest BCUT2D eigenvalue weighted by Gasteiger charge is 2.24. The van der Waals surface area contributed by atoms with Gasteiger partial charge in [-0.3, -0.25) is 19.7 Å². The number of nitro benzene ring substituents is 1. The van der Waals surface area contributed by atoms with Gasteiger partial charge in [0.25, 0.3) is 11.6 Å². The number of benzene rings is 2. The SMILES string of the molecule is CC(=O)Nc1ccc(NC(=O)COC(=O)c2cc([N+](=O)[O-])ccc2N2CCC(C)CC2)cc1. The van der Waals surface area contributed by atoms with Crippen LogP contribution in [0, 0.1) is 16.0 Å². The lowest BCUT2D eigenvalue weighted by Crippen LogP contribution is -2.34. The fourth-order valence-corrected chi connectivity index (χ4v) is 3.57. The normalized spacial score (nSPS) is 13.8. The van der Waals surface area contributed by atoms with Crippen molar-refractivity contribution in [2.45, 2.75) is 26.7 Å². The number of ether oxygens (including phenoxy) is 1. The third-order valence-corrected chi connectivity index (χ3v) is 5.36. The van der Waals surface area contributed by atoms with Crippen LogP contribution in [0.4, 0.5) is 22.7 Å². The van der Waals surface area contributed by atoms with Crippen molar-refractivity contribution < 1.29 is 24.0 Å². The number of anilines is 3. The van der Waals surface area contributed by atoms with Gasteiger partial charge >= 0.3 is 5.97 Å². The number of hydrogen-bond donors (Lipinski definition) is 2. The Morgan fingerprint density at radius 3 is 2.24 bits per heavy atom. The van der Waals surface area contributed by atoms with Crippen LogP contribution in [0.2, 0.25) is 0 Å². The lowest BCUT2D eigenvalue weighted by Gasteiger charge is -2.33. The van der Waals surface area contributed by atoms with E-state index in [-0.39, 0.29) is 17.2 Å². The zero-order chi connectivity index (χ0) is 24.0. The van der Waals surface area contributed by atoms with Crippen molar-refractivity contribution >= 4 is 40.5 Å². The Morgan fingerprint density at radius 1 is 1.06 bits per heavy atom. The van der Waals surface area contributed by atoms with Crippen LogP contribution in [0.15, 0.2) is 42.5 Å². The molecule has 1 saturated heterocycles. The van der Waals surface area contributed by atoms with Gasteiger partial charge in [-0.2, -0.15) is 0 Å². The first kappa shape index (κ1) is 23.7. The minimum absolute atomic E-state index is 0.0613. The summed E-state index contributed by atoms with van der Waals surface area (Å²) >= 11 is 0. The van der Waals surface area contributed by atoms with E-state index in [2.05, 4.69) is 17.6 Å². The smallest absolute Gasteiger partial charge is 0.341 e. The Balaban J connectivity index is 1.66. The molecule has 2 amide bonds. The Labute approximate surface area is 191 Å². The summed E-state index contributed by atoms with van der Waals surface area (Å²) in [7, 11) is 0. The molecule has 1 heterocycles. The van der Waals surface area contributed by atoms with Gasteiger partial charge in [0.05, 0.1) is 16.2 Å². The van der Waals surface area contributed by atoms with Gasteiger partial charge in [0, 0.05) is 43.5 Å². The summed E-state index contributed by atoms with van der Waals surface area (Å²) < 4.78 is 5.17. The Hall–Kier alpha value is -3.95. The zero-order valence-corrected chi connectivity index (χ0v) is 18.5. The quantitative estimate of drug-likeness (QED) is 0.371. The molecule has 0 saturated carbocycles. The summed E-state index contributed by atoms with van der Waals surface area (Å²) in [6.07, 6.45) is 1.91. The second-order valence-corrected chi connectivity index (χ2v) is 8.01. The maximum absolute atomic E-state index is 12.8. The molecular weight excluding hydrogens is 428 g/mol. The van der Waals surface area contributed by atoms with Crippen LogP contribution in [-0.4, -0.2) is 42.4 Å². The van der Waals surface area contributed by atoms with E-state index in [4.69, 9.17) is 4.74 Å².